The van der Waals surface area contributed by atoms with Crippen molar-refractivity contribution in [3.63, 3.8) is 0 Å². The van der Waals surface area contributed by atoms with Crippen molar-refractivity contribution < 1.29 is 0 Å². The number of anilines is 1. The maximum absolute atomic E-state index is 8.86. The van der Waals surface area contributed by atoms with E-state index in [9.17, 15) is 0 Å². The van der Waals surface area contributed by atoms with Crippen LogP contribution in [0.5, 0.6) is 0 Å². The van der Waals surface area contributed by atoms with Crippen LogP contribution in [0.2, 0.25) is 5.02 Å². The lowest BCUT2D eigenvalue weighted by molar-refractivity contribution is 0.754. The van der Waals surface area contributed by atoms with Gasteiger partial charge < -0.3 is 9.47 Å². The molecule has 0 saturated heterocycles. The number of aromatic nitrogens is 2. The number of imidazole rings is 1. The number of benzene rings is 1. The Morgan fingerprint density at radius 2 is 2.26 bits per heavy atom. The van der Waals surface area contributed by atoms with Crippen molar-refractivity contribution in [2.45, 2.75) is 13.5 Å². The number of aryl methyl sites for hydroxylation is 1. The van der Waals surface area contributed by atoms with Gasteiger partial charge in [-0.1, -0.05) is 11.6 Å². The van der Waals surface area contributed by atoms with Crippen LogP contribution in [-0.4, -0.2) is 16.1 Å². The minimum atomic E-state index is 0.574. The van der Waals surface area contributed by atoms with E-state index in [-0.39, 0.29) is 0 Å². The summed E-state index contributed by atoms with van der Waals surface area (Å²) in [5.41, 5.74) is 2.62. The molecule has 1 heterocycles. The Morgan fingerprint density at radius 1 is 1.47 bits per heavy atom. The zero-order chi connectivity index (χ0) is 13.8. The first-order valence-electron chi connectivity index (χ1n) is 6.05. The summed E-state index contributed by atoms with van der Waals surface area (Å²) in [6.45, 7) is 3.64. The van der Waals surface area contributed by atoms with Crippen LogP contribution in [0.3, 0.4) is 0 Å². The van der Waals surface area contributed by atoms with Crippen LogP contribution < -0.4 is 4.90 Å². The second-order valence-electron chi connectivity index (χ2n) is 4.29. The zero-order valence-electron chi connectivity index (χ0n) is 11.0. The van der Waals surface area contributed by atoms with Crippen molar-refractivity contribution in [3.8, 4) is 6.07 Å². The Balaban J connectivity index is 2.28. The summed E-state index contributed by atoms with van der Waals surface area (Å²) in [6, 6.07) is 7.46. The van der Waals surface area contributed by atoms with Gasteiger partial charge in [0.25, 0.3) is 0 Å². The van der Waals surface area contributed by atoms with Crippen molar-refractivity contribution in [1.82, 2.24) is 9.55 Å². The second kappa shape index (κ2) is 5.77. The largest absolute Gasteiger partial charge is 0.365 e. The number of nitriles is 1. The maximum Gasteiger partial charge on any atom is 0.0992 e. The molecule has 0 amide bonds. The van der Waals surface area contributed by atoms with Crippen molar-refractivity contribution in [1.29, 1.82) is 5.26 Å². The van der Waals surface area contributed by atoms with Crippen LogP contribution in [0.1, 0.15) is 18.2 Å². The van der Waals surface area contributed by atoms with Crippen LogP contribution in [0.25, 0.3) is 0 Å². The molecule has 1 aromatic carbocycles. The predicted molar refractivity (Wildman–Crippen MR) is 76.1 cm³/mol. The Kier molecular flexibility index (Phi) is 4.08. The quantitative estimate of drug-likeness (QED) is 0.861. The van der Waals surface area contributed by atoms with Gasteiger partial charge in [-0.25, -0.2) is 4.98 Å². The number of hydrogen-bond acceptors (Lipinski definition) is 3. The molecule has 1 aromatic heterocycles. The molecule has 0 fully saturated rings. The lowest BCUT2D eigenvalue weighted by Crippen LogP contribution is -2.23. The molecule has 4 nitrogen and oxygen atoms in total. The first-order chi connectivity index (χ1) is 9.15. The molecule has 0 N–H and O–H groups in total. The lowest BCUT2D eigenvalue weighted by Gasteiger charge is -2.24. The van der Waals surface area contributed by atoms with E-state index in [0.29, 0.717) is 10.6 Å². The van der Waals surface area contributed by atoms with Gasteiger partial charge in [0.15, 0.2) is 0 Å². The minimum absolute atomic E-state index is 0.574. The lowest BCUT2D eigenvalue weighted by atomic mass is 10.2. The summed E-state index contributed by atoms with van der Waals surface area (Å²) < 4.78 is 1.99. The topological polar surface area (TPSA) is 44.9 Å². The monoisotopic (exact) mass is 274 g/mol. The standard InChI is InChI=1S/C14H15ClN4/c1-3-19(9-12-8-17-10-18(12)2)14-5-4-11(7-16)6-13(14)15/h4-6,8,10H,3,9H2,1-2H3. The molecular weight excluding hydrogens is 260 g/mol. The SMILES string of the molecule is CCN(Cc1cncn1C)c1ccc(C#N)cc1Cl. The number of nitrogens with zero attached hydrogens (tertiary/aromatic N) is 4. The van der Waals surface area contributed by atoms with E-state index in [4.69, 9.17) is 16.9 Å². The average molecular weight is 275 g/mol. The zero-order valence-corrected chi connectivity index (χ0v) is 11.7. The van der Waals surface area contributed by atoms with Gasteiger partial charge in [-0.15, -0.1) is 0 Å². The van der Waals surface area contributed by atoms with Gasteiger partial charge in [-0.2, -0.15) is 5.26 Å². The molecule has 2 rings (SSSR count). The Labute approximate surface area is 117 Å². The van der Waals surface area contributed by atoms with Gasteiger partial charge >= 0.3 is 0 Å². The van der Waals surface area contributed by atoms with Crippen LogP contribution in [0.4, 0.5) is 5.69 Å². The van der Waals surface area contributed by atoms with Gasteiger partial charge in [0.05, 0.1) is 40.9 Å². The van der Waals surface area contributed by atoms with Crippen LogP contribution in [-0.2, 0) is 13.6 Å². The summed E-state index contributed by atoms with van der Waals surface area (Å²) in [7, 11) is 1.97. The van der Waals surface area contributed by atoms with Gasteiger partial charge in [0, 0.05) is 19.8 Å². The highest BCUT2D eigenvalue weighted by Crippen LogP contribution is 2.27. The third-order valence-corrected chi connectivity index (χ3v) is 3.37. The van der Waals surface area contributed by atoms with E-state index < -0.39 is 0 Å². The molecule has 5 heteroatoms. The van der Waals surface area contributed by atoms with E-state index in [1.165, 1.54) is 0 Å². The molecular formula is C14H15ClN4. The average Bonchev–Trinajstić information content (AvgIpc) is 2.81. The summed E-state index contributed by atoms with van der Waals surface area (Å²) in [5, 5.41) is 9.46. The van der Waals surface area contributed by atoms with E-state index in [0.717, 1.165) is 24.5 Å². The summed E-state index contributed by atoms with van der Waals surface area (Å²) >= 11 is 6.25. The van der Waals surface area contributed by atoms with E-state index in [1.807, 2.05) is 23.9 Å². The number of hydrogen-bond donors (Lipinski definition) is 0. The smallest absolute Gasteiger partial charge is 0.0992 e. The molecule has 0 aliphatic heterocycles. The molecule has 0 saturated carbocycles. The molecule has 19 heavy (non-hydrogen) atoms. The third kappa shape index (κ3) is 2.88. The summed E-state index contributed by atoms with van der Waals surface area (Å²) in [5.74, 6) is 0. The Bertz CT molecular complexity index is 612. The first-order valence-corrected chi connectivity index (χ1v) is 6.43. The van der Waals surface area contributed by atoms with Crippen molar-refractivity contribution in [2.24, 2.45) is 7.05 Å². The number of rotatable bonds is 4. The van der Waals surface area contributed by atoms with Crippen LogP contribution >= 0.6 is 11.6 Å². The normalized spacial score (nSPS) is 10.2. The highest BCUT2D eigenvalue weighted by Gasteiger charge is 2.11. The van der Waals surface area contributed by atoms with Gasteiger partial charge in [0.2, 0.25) is 0 Å². The number of halogens is 1. The van der Waals surface area contributed by atoms with Crippen molar-refractivity contribution in [2.75, 3.05) is 11.4 Å². The summed E-state index contributed by atoms with van der Waals surface area (Å²) in [4.78, 5) is 6.27. The van der Waals surface area contributed by atoms with Crippen LogP contribution in [0.15, 0.2) is 30.7 Å². The molecule has 0 unspecified atom stereocenters. The first kappa shape index (κ1) is 13.4. The molecule has 0 spiro atoms. The highest BCUT2D eigenvalue weighted by molar-refractivity contribution is 6.33. The molecule has 0 radical (unpaired) electrons. The molecule has 2 aromatic rings. The van der Waals surface area contributed by atoms with Gasteiger partial charge in [0.1, 0.15) is 0 Å². The van der Waals surface area contributed by atoms with E-state index in [2.05, 4.69) is 22.9 Å². The molecule has 0 aliphatic rings. The van der Waals surface area contributed by atoms with Crippen LogP contribution in [0, 0.1) is 11.3 Å². The molecule has 98 valence electrons. The maximum atomic E-state index is 8.86. The summed E-state index contributed by atoms with van der Waals surface area (Å²) in [6.07, 6.45) is 3.63. The van der Waals surface area contributed by atoms with Gasteiger partial charge in [-0.05, 0) is 25.1 Å². The predicted octanol–water partition coefficient (Wildman–Crippen LogP) is 2.97. The second-order valence-corrected chi connectivity index (χ2v) is 4.70. The van der Waals surface area contributed by atoms with E-state index in [1.54, 1.807) is 18.5 Å². The van der Waals surface area contributed by atoms with Gasteiger partial charge in [-0.3, -0.25) is 0 Å². The fraction of sp³-hybridized carbons (Fsp3) is 0.286. The highest BCUT2D eigenvalue weighted by atomic mass is 35.5. The van der Waals surface area contributed by atoms with Crippen molar-refractivity contribution in [3.05, 3.63) is 47.0 Å². The Hall–Kier alpha value is -1.99. The third-order valence-electron chi connectivity index (χ3n) is 3.07. The molecule has 0 bridgehead atoms. The molecule has 0 atom stereocenters. The fourth-order valence-corrected chi connectivity index (χ4v) is 2.23. The van der Waals surface area contributed by atoms with E-state index >= 15 is 0 Å². The fourth-order valence-electron chi connectivity index (χ4n) is 1.93. The molecule has 0 aliphatic carbocycles. The van der Waals surface area contributed by atoms with Crippen molar-refractivity contribution >= 4 is 17.3 Å². The minimum Gasteiger partial charge on any atom is -0.365 e. The Morgan fingerprint density at radius 3 is 2.79 bits per heavy atom.